The van der Waals surface area contributed by atoms with Crippen LogP contribution in [0.5, 0.6) is 0 Å². The molecule has 1 heterocycles. The summed E-state index contributed by atoms with van der Waals surface area (Å²) in [5, 5.41) is 5.68. The van der Waals surface area contributed by atoms with Gasteiger partial charge >= 0.3 is 12.3 Å². The van der Waals surface area contributed by atoms with E-state index in [4.69, 9.17) is 4.42 Å². The standard InChI is InChI=1S/C17H19F3N2O4/c1-10(2)12(22-16(24)25-9-17(18,19)20)8-21-15(23)14-7-11-5-3-4-6-13(11)26-14/h3-7,10,12H,8-9H2,1-2H3,(H,21,23)(H,22,24). The number of fused-ring (bicyclic) bond motifs is 1. The van der Waals surface area contributed by atoms with Gasteiger partial charge in [0.15, 0.2) is 12.4 Å². The van der Waals surface area contributed by atoms with E-state index in [0.29, 0.717) is 5.58 Å². The molecule has 0 saturated heterocycles. The quantitative estimate of drug-likeness (QED) is 0.814. The number of furan rings is 1. The molecule has 0 radical (unpaired) electrons. The molecule has 6 nitrogen and oxygen atoms in total. The Labute approximate surface area is 147 Å². The fourth-order valence-electron chi connectivity index (χ4n) is 2.18. The third kappa shape index (κ3) is 5.68. The van der Waals surface area contributed by atoms with Crippen LogP contribution in [0.1, 0.15) is 24.4 Å². The van der Waals surface area contributed by atoms with Crippen LogP contribution in [0.15, 0.2) is 34.7 Å². The number of alkyl halides is 3. The maximum Gasteiger partial charge on any atom is 0.422 e. The number of carbonyl (C=O) groups is 2. The molecular weight excluding hydrogens is 353 g/mol. The first-order valence-corrected chi connectivity index (χ1v) is 7.92. The summed E-state index contributed by atoms with van der Waals surface area (Å²) >= 11 is 0. The number of alkyl carbamates (subject to hydrolysis) is 1. The Bertz CT molecular complexity index is 738. The van der Waals surface area contributed by atoms with Gasteiger partial charge in [0, 0.05) is 11.9 Å². The number of halogens is 3. The van der Waals surface area contributed by atoms with Crippen molar-refractivity contribution in [2.45, 2.75) is 26.1 Å². The van der Waals surface area contributed by atoms with Gasteiger partial charge in [-0.05, 0) is 18.1 Å². The number of ether oxygens (including phenoxy) is 1. The first-order chi connectivity index (χ1) is 12.2. The summed E-state index contributed by atoms with van der Waals surface area (Å²) in [6, 6.07) is 8.08. The number of nitrogens with one attached hydrogen (secondary N) is 2. The largest absolute Gasteiger partial charge is 0.451 e. The zero-order chi connectivity index (χ0) is 19.3. The first kappa shape index (κ1) is 19.6. The van der Waals surface area contributed by atoms with Crippen LogP contribution < -0.4 is 10.6 Å². The molecule has 9 heteroatoms. The van der Waals surface area contributed by atoms with Crippen molar-refractivity contribution < 1.29 is 31.9 Å². The highest BCUT2D eigenvalue weighted by Crippen LogP contribution is 2.18. The Kier molecular flexibility index (Phi) is 6.12. The number of para-hydroxylation sites is 1. The summed E-state index contributed by atoms with van der Waals surface area (Å²) in [5.74, 6) is -0.532. The fraction of sp³-hybridized carbons (Fsp3) is 0.412. The van der Waals surface area contributed by atoms with Crippen molar-refractivity contribution in [2.24, 2.45) is 5.92 Å². The second-order valence-corrected chi connectivity index (χ2v) is 6.04. The third-order valence-corrected chi connectivity index (χ3v) is 3.61. The van der Waals surface area contributed by atoms with Gasteiger partial charge in [-0.3, -0.25) is 4.79 Å². The van der Waals surface area contributed by atoms with Gasteiger partial charge in [0.1, 0.15) is 5.58 Å². The van der Waals surface area contributed by atoms with Crippen LogP contribution in [0.4, 0.5) is 18.0 Å². The Morgan fingerprint density at radius 1 is 1.23 bits per heavy atom. The van der Waals surface area contributed by atoms with Crippen molar-refractivity contribution in [3.63, 3.8) is 0 Å². The molecule has 2 amide bonds. The minimum absolute atomic E-state index is 0.00859. The molecule has 0 spiro atoms. The van der Waals surface area contributed by atoms with E-state index in [1.54, 1.807) is 38.1 Å². The minimum atomic E-state index is -4.60. The van der Waals surface area contributed by atoms with Gasteiger partial charge in [-0.1, -0.05) is 32.0 Å². The number of rotatable bonds is 6. The highest BCUT2D eigenvalue weighted by atomic mass is 19.4. The van der Waals surface area contributed by atoms with E-state index in [1.807, 2.05) is 6.07 Å². The highest BCUT2D eigenvalue weighted by molar-refractivity contribution is 5.96. The van der Waals surface area contributed by atoms with Gasteiger partial charge in [0.2, 0.25) is 0 Å². The molecule has 26 heavy (non-hydrogen) atoms. The van der Waals surface area contributed by atoms with Crippen molar-refractivity contribution >= 4 is 23.0 Å². The predicted molar refractivity (Wildman–Crippen MR) is 87.7 cm³/mol. The molecule has 2 aromatic rings. The maximum absolute atomic E-state index is 12.2. The SMILES string of the molecule is CC(C)C(CNC(=O)c1cc2ccccc2o1)NC(=O)OCC(F)(F)F. The molecule has 142 valence electrons. The summed E-state index contributed by atoms with van der Waals surface area (Å²) in [7, 11) is 0. The van der Waals surface area contributed by atoms with Crippen molar-refractivity contribution in [1.82, 2.24) is 10.6 Å². The number of amides is 2. The monoisotopic (exact) mass is 372 g/mol. The number of hydrogen-bond acceptors (Lipinski definition) is 4. The Hall–Kier alpha value is -2.71. The van der Waals surface area contributed by atoms with E-state index in [9.17, 15) is 22.8 Å². The van der Waals surface area contributed by atoms with Crippen LogP contribution in [-0.4, -0.2) is 37.4 Å². The second-order valence-electron chi connectivity index (χ2n) is 6.04. The Morgan fingerprint density at radius 2 is 1.92 bits per heavy atom. The van der Waals surface area contributed by atoms with E-state index in [0.717, 1.165) is 5.39 Å². The lowest BCUT2D eigenvalue weighted by molar-refractivity contribution is -0.160. The topological polar surface area (TPSA) is 80.6 Å². The van der Waals surface area contributed by atoms with Crippen LogP contribution >= 0.6 is 0 Å². The van der Waals surface area contributed by atoms with Gasteiger partial charge in [0.25, 0.3) is 5.91 Å². The fourth-order valence-corrected chi connectivity index (χ4v) is 2.18. The summed E-state index contributed by atoms with van der Waals surface area (Å²) in [6.07, 6.45) is -5.79. The molecule has 0 bridgehead atoms. The molecule has 2 N–H and O–H groups in total. The zero-order valence-electron chi connectivity index (χ0n) is 14.2. The predicted octanol–water partition coefficient (Wildman–Crippen LogP) is 3.48. The minimum Gasteiger partial charge on any atom is -0.451 e. The number of carbonyl (C=O) groups excluding carboxylic acids is 2. The molecule has 0 saturated carbocycles. The average molecular weight is 372 g/mol. The van der Waals surface area contributed by atoms with E-state index >= 15 is 0 Å². The van der Waals surface area contributed by atoms with Crippen LogP contribution in [0.25, 0.3) is 11.0 Å². The van der Waals surface area contributed by atoms with Gasteiger partial charge in [-0.25, -0.2) is 4.79 Å². The van der Waals surface area contributed by atoms with Crippen LogP contribution in [0, 0.1) is 5.92 Å². The van der Waals surface area contributed by atoms with Crippen molar-refractivity contribution in [3.05, 3.63) is 36.1 Å². The molecule has 0 aliphatic heterocycles. The lowest BCUT2D eigenvalue weighted by Gasteiger charge is -2.22. The van der Waals surface area contributed by atoms with Crippen molar-refractivity contribution in [2.75, 3.05) is 13.2 Å². The number of hydrogen-bond donors (Lipinski definition) is 2. The summed E-state index contributed by atoms with van der Waals surface area (Å²) < 4.78 is 45.7. The Balaban J connectivity index is 1.91. The van der Waals surface area contributed by atoms with Gasteiger partial charge in [-0.15, -0.1) is 0 Å². The summed E-state index contributed by atoms with van der Waals surface area (Å²) in [6.45, 7) is 1.84. The highest BCUT2D eigenvalue weighted by Gasteiger charge is 2.30. The van der Waals surface area contributed by atoms with Gasteiger partial charge in [-0.2, -0.15) is 13.2 Å². The van der Waals surface area contributed by atoms with Gasteiger partial charge < -0.3 is 19.8 Å². The summed E-state index contributed by atoms with van der Waals surface area (Å²) in [5.41, 5.74) is 0.562. The molecule has 1 atom stereocenters. The van der Waals surface area contributed by atoms with E-state index in [1.165, 1.54) is 0 Å². The normalized spacial score (nSPS) is 12.8. The Morgan fingerprint density at radius 3 is 2.54 bits per heavy atom. The molecular formula is C17H19F3N2O4. The molecule has 0 aliphatic carbocycles. The number of benzene rings is 1. The first-order valence-electron chi connectivity index (χ1n) is 7.92. The van der Waals surface area contributed by atoms with E-state index in [2.05, 4.69) is 15.4 Å². The smallest absolute Gasteiger partial charge is 0.422 e. The van der Waals surface area contributed by atoms with Gasteiger partial charge in [0.05, 0.1) is 6.04 Å². The van der Waals surface area contributed by atoms with Crippen LogP contribution in [0.3, 0.4) is 0 Å². The molecule has 1 aromatic carbocycles. The molecule has 0 fully saturated rings. The lowest BCUT2D eigenvalue weighted by Crippen LogP contribution is -2.47. The lowest BCUT2D eigenvalue weighted by atomic mass is 10.0. The van der Waals surface area contributed by atoms with E-state index < -0.39 is 30.8 Å². The average Bonchev–Trinajstić information content (AvgIpc) is 2.99. The summed E-state index contributed by atoms with van der Waals surface area (Å²) in [4.78, 5) is 23.7. The zero-order valence-corrected chi connectivity index (χ0v) is 14.2. The third-order valence-electron chi connectivity index (χ3n) is 3.61. The van der Waals surface area contributed by atoms with Crippen molar-refractivity contribution in [1.29, 1.82) is 0 Å². The maximum atomic E-state index is 12.2. The van der Waals surface area contributed by atoms with Crippen LogP contribution in [-0.2, 0) is 4.74 Å². The van der Waals surface area contributed by atoms with E-state index in [-0.39, 0.29) is 18.2 Å². The molecule has 0 aliphatic rings. The van der Waals surface area contributed by atoms with Crippen LogP contribution in [0.2, 0.25) is 0 Å². The van der Waals surface area contributed by atoms with Crippen molar-refractivity contribution in [3.8, 4) is 0 Å². The second kappa shape index (κ2) is 8.11. The molecule has 1 aromatic heterocycles. The molecule has 1 unspecified atom stereocenters. The molecule has 2 rings (SSSR count).